The van der Waals surface area contributed by atoms with Crippen molar-refractivity contribution in [3.8, 4) is 0 Å². The number of benzene rings is 1. The molecule has 2 N–H and O–H groups in total. The molecule has 0 aromatic heterocycles. The molecule has 4 heteroatoms. The molecule has 0 bridgehead atoms. The Labute approximate surface area is 95.0 Å². The minimum absolute atomic E-state index is 0.0315. The van der Waals surface area contributed by atoms with Gasteiger partial charge in [0.05, 0.1) is 6.54 Å². The van der Waals surface area contributed by atoms with Gasteiger partial charge in [0.2, 0.25) is 5.91 Å². The fourth-order valence-electron chi connectivity index (χ4n) is 1.39. The van der Waals surface area contributed by atoms with Gasteiger partial charge in [-0.15, -0.1) is 0 Å². The first-order valence-electron chi connectivity index (χ1n) is 5.45. The Morgan fingerprint density at radius 2 is 2.12 bits per heavy atom. The zero-order valence-corrected chi connectivity index (χ0v) is 9.42. The van der Waals surface area contributed by atoms with E-state index in [1.54, 1.807) is 12.1 Å². The monoisotopic (exact) mass is 224 g/mol. The van der Waals surface area contributed by atoms with Crippen LogP contribution in [0.1, 0.15) is 12.5 Å². The van der Waals surface area contributed by atoms with Crippen molar-refractivity contribution in [3.63, 3.8) is 0 Å². The first-order chi connectivity index (χ1) is 7.74. The zero-order chi connectivity index (χ0) is 11.8. The van der Waals surface area contributed by atoms with Crippen LogP contribution in [0.3, 0.4) is 0 Å². The third-order valence-corrected chi connectivity index (χ3v) is 2.19. The summed E-state index contributed by atoms with van der Waals surface area (Å²) in [5, 5.41) is 5.65. The van der Waals surface area contributed by atoms with E-state index in [0.29, 0.717) is 25.1 Å². The van der Waals surface area contributed by atoms with Gasteiger partial charge in [0, 0.05) is 6.54 Å². The van der Waals surface area contributed by atoms with Crippen molar-refractivity contribution in [3.05, 3.63) is 35.6 Å². The Morgan fingerprint density at radius 1 is 1.38 bits per heavy atom. The van der Waals surface area contributed by atoms with Gasteiger partial charge in [-0.2, -0.15) is 0 Å². The topological polar surface area (TPSA) is 41.1 Å². The molecule has 0 saturated carbocycles. The van der Waals surface area contributed by atoms with Gasteiger partial charge in [-0.3, -0.25) is 4.79 Å². The van der Waals surface area contributed by atoms with Crippen LogP contribution in [0.15, 0.2) is 24.3 Å². The van der Waals surface area contributed by atoms with E-state index in [2.05, 4.69) is 10.6 Å². The van der Waals surface area contributed by atoms with E-state index in [1.165, 1.54) is 6.07 Å². The molecule has 0 radical (unpaired) electrons. The maximum atomic E-state index is 13.2. The molecule has 0 aliphatic rings. The van der Waals surface area contributed by atoms with Crippen LogP contribution in [0.25, 0.3) is 0 Å². The second kappa shape index (κ2) is 6.95. The molecule has 0 saturated heterocycles. The number of carbonyl (C=O) groups excluding carboxylic acids is 1. The predicted octanol–water partition coefficient (Wildman–Crippen LogP) is 1.09. The molecule has 0 heterocycles. The number of likely N-dealkylation sites (N-methyl/N-ethyl adjacent to an activating group) is 1. The fraction of sp³-hybridized carbons (Fsp3) is 0.417. The molecule has 1 amide bonds. The van der Waals surface area contributed by atoms with E-state index < -0.39 is 0 Å². The van der Waals surface area contributed by atoms with Crippen LogP contribution in [-0.4, -0.2) is 25.5 Å². The third-order valence-electron chi connectivity index (χ3n) is 2.19. The number of hydrogen-bond donors (Lipinski definition) is 2. The summed E-state index contributed by atoms with van der Waals surface area (Å²) in [5.41, 5.74) is 0.672. The summed E-state index contributed by atoms with van der Waals surface area (Å²) in [5.74, 6) is -0.224. The molecule has 0 atom stereocenters. The smallest absolute Gasteiger partial charge is 0.233 e. The lowest BCUT2D eigenvalue weighted by Crippen LogP contribution is -2.34. The van der Waals surface area contributed by atoms with E-state index in [-0.39, 0.29) is 18.3 Å². The largest absolute Gasteiger partial charge is 0.355 e. The van der Waals surface area contributed by atoms with Crippen molar-refractivity contribution >= 4 is 5.91 Å². The van der Waals surface area contributed by atoms with E-state index >= 15 is 0 Å². The van der Waals surface area contributed by atoms with E-state index in [9.17, 15) is 9.18 Å². The van der Waals surface area contributed by atoms with Gasteiger partial charge in [0.25, 0.3) is 0 Å². The molecular formula is C12H17FN2O. The quantitative estimate of drug-likeness (QED) is 0.710. The Hall–Kier alpha value is -1.42. The minimum Gasteiger partial charge on any atom is -0.355 e. The number of nitrogens with one attached hydrogen (secondary N) is 2. The molecule has 3 nitrogen and oxygen atoms in total. The standard InChI is InChI=1S/C12H17FN2O/c1-2-15-12(16)9-14-8-7-10-5-3-4-6-11(10)13/h3-6,14H,2,7-9H2,1H3,(H,15,16). The molecule has 0 spiro atoms. The maximum absolute atomic E-state index is 13.2. The second-order valence-corrected chi connectivity index (χ2v) is 3.47. The Kier molecular flexibility index (Phi) is 5.50. The molecule has 1 aromatic carbocycles. The average Bonchev–Trinajstić information content (AvgIpc) is 2.27. The summed E-state index contributed by atoms with van der Waals surface area (Å²) < 4.78 is 13.2. The average molecular weight is 224 g/mol. The van der Waals surface area contributed by atoms with E-state index in [1.807, 2.05) is 13.0 Å². The number of halogens is 1. The Bertz CT molecular complexity index is 342. The first-order valence-corrected chi connectivity index (χ1v) is 5.45. The van der Waals surface area contributed by atoms with Crippen LogP contribution in [0.2, 0.25) is 0 Å². The minimum atomic E-state index is -0.192. The highest BCUT2D eigenvalue weighted by Gasteiger charge is 2.01. The van der Waals surface area contributed by atoms with Crippen molar-refractivity contribution in [2.75, 3.05) is 19.6 Å². The molecular weight excluding hydrogens is 207 g/mol. The van der Waals surface area contributed by atoms with Crippen molar-refractivity contribution in [2.24, 2.45) is 0 Å². The van der Waals surface area contributed by atoms with Crippen LogP contribution in [0.4, 0.5) is 4.39 Å². The number of rotatable bonds is 6. The summed E-state index contributed by atoms with van der Waals surface area (Å²) >= 11 is 0. The van der Waals surface area contributed by atoms with E-state index in [0.717, 1.165) is 0 Å². The van der Waals surface area contributed by atoms with Gasteiger partial charge in [-0.1, -0.05) is 18.2 Å². The van der Waals surface area contributed by atoms with Gasteiger partial charge in [0.15, 0.2) is 0 Å². The molecule has 16 heavy (non-hydrogen) atoms. The number of hydrogen-bond acceptors (Lipinski definition) is 2. The lowest BCUT2D eigenvalue weighted by atomic mass is 10.1. The van der Waals surface area contributed by atoms with Gasteiger partial charge >= 0.3 is 0 Å². The first kappa shape index (κ1) is 12.6. The van der Waals surface area contributed by atoms with Crippen LogP contribution in [0.5, 0.6) is 0 Å². The SMILES string of the molecule is CCNC(=O)CNCCc1ccccc1F. The molecule has 0 fully saturated rings. The Morgan fingerprint density at radius 3 is 2.81 bits per heavy atom. The van der Waals surface area contributed by atoms with Gasteiger partial charge < -0.3 is 10.6 Å². The van der Waals surface area contributed by atoms with Crippen LogP contribution in [-0.2, 0) is 11.2 Å². The van der Waals surface area contributed by atoms with Crippen LogP contribution in [0, 0.1) is 5.82 Å². The third kappa shape index (κ3) is 4.40. The molecule has 0 aliphatic carbocycles. The van der Waals surface area contributed by atoms with Crippen LogP contribution < -0.4 is 10.6 Å². The number of carbonyl (C=O) groups is 1. The molecule has 1 rings (SSSR count). The maximum Gasteiger partial charge on any atom is 0.233 e. The van der Waals surface area contributed by atoms with Crippen molar-refractivity contribution in [1.82, 2.24) is 10.6 Å². The van der Waals surface area contributed by atoms with E-state index in [4.69, 9.17) is 0 Å². The number of amides is 1. The summed E-state index contributed by atoms with van der Waals surface area (Å²) in [6, 6.07) is 6.67. The molecule has 0 aliphatic heterocycles. The second-order valence-electron chi connectivity index (χ2n) is 3.47. The fourth-order valence-corrected chi connectivity index (χ4v) is 1.39. The predicted molar refractivity (Wildman–Crippen MR) is 61.7 cm³/mol. The highest BCUT2D eigenvalue weighted by Crippen LogP contribution is 2.05. The zero-order valence-electron chi connectivity index (χ0n) is 9.42. The van der Waals surface area contributed by atoms with Crippen molar-refractivity contribution in [2.45, 2.75) is 13.3 Å². The van der Waals surface area contributed by atoms with Gasteiger partial charge in [0.1, 0.15) is 5.82 Å². The molecule has 1 aromatic rings. The summed E-state index contributed by atoms with van der Waals surface area (Å²) in [6.07, 6.45) is 0.589. The van der Waals surface area contributed by atoms with Crippen molar-refractivity contribution in [1.29, 1.82) is 0 Å². The lowest BCUT2D eigenvalue weighted by Gasteiger charge is -2.05. The normalized spacial score (nSPS) is 10.1. The van der Waals surface area contributed by atoms with Gasteiger partial charge in [-0.05, 0) is 31.5 Å². The summed E-state index contributed by atoms with van der Waals surface area (Å²) in [4.78, 5) is 11.1. The highest BCUT2D eigenvalue weighted by atomic mass is 19.1. The van der Waals surface area contributed by atoms with Crippen molar-refractivity contribution < 1.29 is 9.18 Å². The van der Waals surface area contributed by atoms with Gasteiger partial charge in [-0.25, -0.2) is 4.39 Å². The lowest BCUT2D eigenvalue weighted by molar-refractivity contribution is -0.120. The highest BCUT2D eigenvalue weighted by molar-refractivity contribution is 5.77. The summed E-state index contributed by atoms with van der Waals surface area (Å²) in [7, 11) is 0. The Balaban J connectivity index is 2.21. The molecule has 0 unspecified atom stereocenters. The van der Waals surface area contributed by atoms with Crippen LogP contribution >= 0.6 is 0 Å². The molecule has 88 valence electrons. The summed E-state index contributed by atoms with van der Waals surface area (Å²) in [6.45, 7) is 3.38.